The number of aromatic amines is 2. The highest BCUT2D eigenvalue weighted by Crippen LogP contribution is 2.40. The minimum atomic E-state index is -0.557. The van der Waals surface area contributed by atoms with E-state index in [0.29, 0.717) is 33.2 Å². The van der Waals surface area contributed by atoms with Crippen LogP contribution in [0, 0.1) is 0 Å². The number of H-pyrrole nitrogens is 2. The van der Waals surface area contributed by atoms with Crippen LogP contribution in [0.5, 0.6) is 11.5 Å². The Labute approximate surface area is 314 Å². The number of pyridine rings is 2. The van der Waals surface area contributed by atoms with Gasteiger partial charge in [-0.1, -0.05) is 98.7 Å². The van der Waals surface area contributed by atoms with E-state index in [9.17, 15) is 29.4 Å². The molecule has 0 saturated heterocycles. The lowest BCUT2D eigenvalue weighted by Crippen LogP contribution is -2.24. The van der Waals surface area contributed by atoms with Crippen LogP contribution in [0.2, 0.25) is 0 Å². The zero-order valence-electron chi connectivity index (χ0n) is 32.2. The molecule has 6 N–H and O–H groups in total. The maximum absolute atomic E-state index is 12.9. The van der Waals surface area contributed by atoms with Crippen LogP contribution in [0.1, 0.15) is 99.7 Å². The van der Waals surface area contributed by atoms with E-state index in [4.69, 9.17) is 0 Å². The van der Waals surface area contributed by atoms with E-state index in [1.807, 2.05) is 59.7 Å². The van der Waals surface area contributed by atoms with Gasteiger partial charge in [0.2, 0.25) is 10.9 Å². The van der Waals surface area contributed by atoms with Gasteiger partial charge >= 0.3 is 0 Å². The lowest BCUT2D eigenvalue weighted by Gasteiger charge is -2.27. The topological polar surface area (TPSA) is 164 Å². The Morgan fingerprint density at radius 1 is 0.556 bits per heavy atom. The highest BCUT2D eigenvalue weighted by molar-refractivity contribution is 6.07. The minimum Gasteiger partial charge on any atom is -0.508 e. The monoisotopic (exact) mass is 728 g/mol. The highest BCUT2D eigenvalue weighted by atomic mass is 16.3. The molecule has 4 aromatic carbocycles. The van der Waals surface area contributed by atoms with Gasteiger partial charge in [0.15, 0.2) is 0 Å². The van der Waals surface area contributed by atoms with E-state index in [0.717, 1.165) is 16.7 Å². The number of amides is 2. The smallest absolute Gasteiger partial charge is 0.261 e. The van der Waals surface area contributed by atoms with Gasteiger partial charge in [-0.25, -0.2) is 0 Å². The van der Waals surface area contributed by atoms with Crippen molar-refractivity contribution in [2.75, 3.05) is 10.6 Å². The molecule has 0 aliphatic carbocycles. The third-order valence-electron chi connectivity index (χ3n) is 9.16. The van der Waals surface area contributed by atoms with Crippen molar-refractivity contribution in [1.29, 1.82) is 0 Å². The fourth-order valence-corrected chi connectivity index (χ4v) is 6.08. The van der Waals surface area contributed by atoms with Crippen LogP contribution in [-0.4, -0.2) is 32.0 Å². The van der Waals surface area contributed by atoms with Crippen molar-refractivity contribution in [1.82, 2.24) is 9.97 Å². The first-order chi connectivity index (χ1) is 25.2. The summed E-state index contributed by atoms with van der Waals surface area (Å²) >= 11 is 0. The molecule has 0 spiro atoms. The van der Waals surface area contributed by atoms with Crippen molar-refractivity contribution in [2.45, 2.75) is 78.6 Å². The molecular formula is C44H48N4O6. The Morgan fingerprint density at radius 3 is 1.48 bits per heavy atom. The van der Waals surface area contributed by atoms with Crippen molar-refractivity contribution in [3.05, 3.63) is 140 Å². The molecule has 10 heteroatoms. The SMILES string of the molecule is CC(C)(C)c1cc(NC(=O)c2c[nH]c3ccccc3c2=O)c(O)c(C(C)(C)C)c1.CC(C)(C)c1ccc(O)cc1NC(=O)c1c[nH]c2ccccc2c1=O. The number of aromatic nitrogens is 2. The molecule has 2 heterocycles. The second kappa shape index (κ2) is 14.7. The number of para-hydroxylation sites is 2. The second-order valence-corrected chi connectivity index (χ2v) is 16.5. The summed E-state index contributed by atoms with van der Waals surface area (Å²) in [5.74, 6) is -0.992. The third-order valence-corrected chi connectivity index (χ3v) is 9.16. The van der Waals surface area contributed by atoms with E-state index in [2.05, 4.69) is 41.4 Å². The van der Waals surface area contributed by atoms with Crippen LogP contribution < -0.4 is 21.5 Å². The van der Waals surface area contributed by atoms with Crippen LogP contribution >= 0.6 is 0 Å². The van der Waals surface area contributed by atoms with Gasteiger partial charge in [0.05, 0.1) is 5.69 Å². The van der Waals surface area contributed by atoms with Gasteiger partial charge in [-0.3, -0.25) is 19.2 Å². The zero-order valence-corrected chi connectivity index (χ0v) is 32.2. The summed E-state index contributed by atoms with van der Waals surface area (Å²) < 4.78 is 0. The number of hydrogen-bond donors (Lipinski definition) is 6. The molecule has 54 heavy (non-hydrogen) atoms. The number of aromatic hydroxyl groups is 2. The number of anilines is 2. The molecule has 0 unspecified atom stereocenters. The van der Waals surface area contributed by atoms with Crippen LogP contribution in [0.3, 0.4) is 0 Å². The van der Waals surface area contributed by atoms with Crippen molar-refractivity contribution in [2.24, 2.45) is 0 Å². The standard InChI is InChI=1S/C24H28N2O3.C20H20N2O3/c1-23(2,3)14-11-17(24(4,5)6)21(28)19(12-14)26-22(29)16-13-25-18-10-8-7-9-15(18)20(16)27;1-20(2,3)15-9-8-12(23)10-17(15)22-19(25)14-11-21-16-7-5-4-6-13(16)18(14)24/h7-13,28H,1-6H3,(H,25,27)(H,26,29);4-11,23H,1-3H3,(H,21,24)(H,22,25). The van der Waals surface area contributed by atoms with Gasteiger partial charge in [-0.15, -0.1) is 0 Å². The number of carbonyl (C=O) groups excluding carboxylic acids is 2. The third kappa shape index (κ3) is 8.39. The number of nitrogens with one attached hydrogen (secondary N) is 4. The molecule has 0 bridgehead atoms. The quantitative estimate of drug-likeness (QED) is 0.0993. The van der Waals surface area contributed by atoms with Gasteiger partial charge in [0, 0.05) is 51.5 Å². The molecule has 0 fully saturated rings. The second-order valence-electron chi connectivity index (χ2n) is 16.5. The van der Waals surface area contributed by atoms with Crippen molar-refractivity contribution in [3.8, 4) is 11.5 Å². The van der Waals surface area contributed by atoms with E-state index in [1.165, 1.54) is 18.5 Å². The normalized spacial score (nSPS) is 11.9. The molecule has 6 rings (SSSR count). The molecular weight excluding hydrogens is 681 g/mol. The van der Waals surface area contributed by atoms with Crippen molar-refractivity contribution < 1.29 is 19.8 Å². The predicted octanol–water partition coefficient (Wildman–Crippen LogP) is 8.86. The molecule has 280 valence electrons. The van der Waals surface area contributed by atoms with Gasteiger partial charge in [0.25, 0.3) is 11.8 Å². The molecule has 2 amide bonds. The number of phenolic OH excluding ortho intramolecular Hbond substituents is 2. The molecule has 0 radical (unpaired) electrons. The molecule has 0 aliphatic heterocycles. The first-order valence-corrected chi connectivity index (χ1v) is 17.7. The highest BCUT2D eigenvalue weighted by Gasteiger charge is 2.26. The summed E-state index contributed by atoms with van der Waals surface area (Å²) in [5.41, 5.74) is 3.38. The first-order valence-electron chi connectivity index (χ1n) is 17.7. The number of phenols is 2. The van der Waals surface area contributed by atoms with Crippen LogP contribution in [0.15, 0.2) is 101 Å². The van der Waals surface area contributed by atoms with Crippen LogP contribution in [-0.2, 0) is 16.2 Å². The molecule has 2 aromatic heterocycles. The maximum atomic E-state index is 12.9. The van der Waals surface area contributed by atoms with E-state index >= 15 is 0 Å². The predicted molar refractivity (Wildman–Crippen MR) is 217 cm³/mol. The fourth-order valence-electron chi connectivity index (χ4n) is 6.08. The lowest BCUT2D eigenvalue weighted by molar-refractivity contribution is 0.101. The molecule has 0 atom stereocenters. The van der Waals surface area contributed by atoms with Crippen LogP contribution in [0.25, 0.3) is 21.8 Å². The average molecular weight is 729 g/mol. The van der Waals surface area contributed by atoms with Crippen molar-refractivity contribution in [3.63, 3.8) is 0 Å². The van der Waals surface area contributed by atoms with Gasteiger partial charge < -0.3 is 30.8 Å². The lowest BCUT2D eigenvalue weighted by atomic mass is 9.79. The Morgan fingerprint density at radius 2 is 1.02 bits per heavy atom. The largest absolute Gasteiger partial charge is 0.508 e. The van der Waals surface area contributed by atoms with E-state index in [-0.39, 0.29) is 49.7 Å². The summed E-state index contributed by atoms with van der Waals surface area (Å²) in [6.45, 7) is 18.3. The summed E-state index contributed by atoms with van der Waals surface area (Å²) in [4.78, 5) is 56.9. The zero-order chi connectivity index (χ0) is 39.7. The van der Waals surface area contributed by atoms with Crippen molar-refractivity contribution >= 4 is 45.0 Å². The number of hydrogen-bond acceptors (Lipinski definition) is 6. The number of carbonyl (C=O) groups is 2. The van der Waals surface area contributed by atoms with Gasteiger partial charge in [-0.05, 0) is 63.8 Å². The maximum Gasteiger partial charge on any atom is 0.261 e. The summed E-state index contributed by atoms with van der Waals surface area (Å²) in [5, 5.41) is 27.0. The molecule has 10 nitrogen and oxygen atoms in total. The van der Waals surface area contributed by atoms with Gasteiger partial charge in [-0.2, -0.15) is 0 Å². The summed E-state index contributed by atoms with van der Waals surface area (Å²) in [6, 6.07) is 22.7. The van der Waals surface area contributed by atoms with Crippen LogP contribution in [0.4, 0.5) is 11.4 Å². The Bertz CT molecular complexity index is 2510. The number of fused-ring (bicyclic) bond motifs is 2. The summed E-state index contributed by atoms with van der Waals surface area (Å²) in [6.07, 6.45) is 2.83. The average Bonchev–Trinajstić information content (AvgIpc) is 3.08. The van der Waals surface area contributed by atoms with E-state index < -0.39 is 11.8 Å². The Hall–Kier alpha value is -6.16. The molecule has 0 aliphatic rings. The molecule has 6 aromatic rings. The Balaban J connectivity index is 0.000000210. The van der Waals surface area contributed by atoms with Gasteiger partial charge in [0.1, 0.15) is 22.6 Å². The first kappa shape index (κ1) is 39.1. The molecule has 0 saturated carbocycles. The number of rotatable bonds is 4. The van der Waals surface area contributed by atoms with E-state index in [1.54, 1.807) is 54.6 Å². The minimum absolute atomic E-state index is 0.00145. The fraction of sp³-hybridized carbons (Fsp3) is 0.273. The summed E-state index contributed by atoms with van der Waals surface area (Å²) in [7, 11) is 0. The number of benzene rings is 4. The Kier molecular flexibility index (Phi) is 10.6.